The summed E-state index contributed by atoms with van der Waals surface area (Å²) in [5, 5.41) is 0. The van der Waals surface area contributed by atoms with Crippen molar-refractivity contribution in [3.8, 4) is 0 Å². The van der Waals surface area contributed by atoms with E-state index in [-0.39, 0.29) is 30.7 Å². The van der Waals surface area contributed by atoms with Crippen molar-refractivity contribution >= 4 is 23.4 Å². The van der Waals surface area contributed by atoms with Crippen LogP contribution in [0, 0.1) is 5.41 Å². The second kappa shape index (κ2) is 7.68. The van der Waals surface area contributed by atoms with Gasteiger partial charge >= 0.3 is 6.18 Å². The molecule has 2 aliphatic heterocycles. The molecule has 0 N–H and O–H groups in total. The van der Waals surface area contributed by atoms with Gasteiger partial charge in [0.15, 0.2) is 0 Å². The Labute approximate surface area is 167 Å². The SMILES string of the molecule is CCC1(C)CC(=O)N(CC(=O)N2CCN(c3cccc(C(F)(F)F)c3)CC2)C1=O. The minimum Gasteiger partial charge on any atom is -0.368 e. The number of halogens is 3. The molecule has 2 aliphatic rings. The highest BCUT2D eigenvalue weighted by molar-refractivity contribution is 6.07. The van der Waals surface area contributed by atoms with Crippen LogP contribution < -0.4 is 4.90 Å². The third kappa shape index (κ3) is 4.23. The van der Waals surface area contributed by atoms with Crippen molar-refractivity contribution in [2.24, 2.45) is 5.41 Å². The van der Waals surface area contributed by atoms with E-state index in [1.165, 1.54) is 6.07 Å². The van der Waals surface area contributed by atoms with E-state index in [0.717, 1.165) is 17.0 Å². The van der Waals surface area contributed by atoms with Crippen LogP contribution >= 0.6 is 0 Å². The first-order valence-electron chi connectivity index (χ1n) is 9.60. The van der Waals surface area contributed by atoms with Gasteiger partial charge in [0.25, 0.3) is 0 Å². The number of amides is 3. The lowest BCUT2D eigenvalue weighted by molar-refractivity contribution is -0.147. The molecule has 29 heavy (non-hydrogen) atoms. The molecule has 2 heterocycles. The molecule has 158 valence electrons. The highest BCUT2D eigenvalue weighted by Gasteiger charge is 2.47. The Morgan fingerprint density at radius 2 is 1.79 bits per heavy atom. The van der Waals surface area contributed by atoms with Gasteiger partial charge in [0.05, 0.1) is 11.0 Å². The number of likely N-dealkylation sites (tertiary alicyclic amines) is 1. The Hall–Kier alpha value is -2.58. The van der Waals surface area contributed by atoms with E-state index in [1.54, 1.807) is 22.8 Å². The molecule has 2 saturated heterocycles. The average molecular weight is 411 g/mol. The summed E-state index contributed by atoms with van der Waals surface area (Å²) in [7, 11) is 0. The van der Waals surface area contributed by atoms with Gasteiger partial charge in [-0.3, -0.25) is 19.3 Å². The van der Waals surface area contributed by atoms with Crippen LogP contribution in [0.25, 0.3) is 0 Å². The summed E-state index contributed by atoms with van der Waals surface area (Å²) >= 11 is 0. The van der Waals surface area contributed by atoms with Crippen molar-refractivity contribution in [1.82, 2.24) is 9.80 Å². The molecule has 1 aromatic carbocycles. The highest BCUT2D eigenvalue weighted by atomic mass is 19.4. The Kier molecular flexibility index (Phi) is 5.60. The lowest BCUT2D eigenvalue weighted by atomic mass is 9.86. The predicted octanol–water partition coefficient (Wildman–Crippen LogP) is 2.53. The van der Waals surface area contributed by atoms with E-state index in [0.29, 0.717) is 38.3 Å². The van der Waals surface area contributed by atoms with Crippen LogP contribution in [0.5, 0.6) is 0 Å². The van der Waals surface area contributed by atoms with E-state index < -0.39 is 17.2 Å². The van der Waals surface area contributed by atoms with Crippen molar-refractivity contribution in [2.75, 3.05) is 37.6 Å². The third-order valence-electron chi connectivity index (χ3n) is 5.85. The first-order valence-corrected chi connectivity index (χ1v) is 9.60. The maximum Gasteiger partial charge on any atom is 0.416 e. The third-order valence-corrected chi connectivity index (χ3v) is 5.85. The van der Waals surface area contributed by atoms with Crippen LogP contribution in [0.15, 0.2) is 24.3 Å². The maximum atomic E-state index is 12.9. The van der Waals surface area contributed by atoms with Crippen molar-refractivity contribution in [3.05, 3.63) is 29.8 Å². The largest absolute Gasteiger partial charge is 0.416 e. The monoisotopic (exact) mass is 411 g/mol. The molecule has 0 radical (unpaired) electrons. The number of imide groups is 1. The highest BCUT2D eigenvalue weighted by Crippen LogP contribution is 2.35. The number of hydrogen-bond acceptors (Lipinski definition) is 4. The first kappa shape index (κ1) is 21.1. The number of anilines is 1. The molecular weight excluding hydrogens is 387 g/mol. The fraction of sp³-hybridized carbons (Fsp3) is 0.550. The van der Waals surface area contributed by atoms with Gasteiger partial charge in [-0.15, -0.1) is 0 Å². The quantitative estimate of drug-likeness (QED) is 0.715. The Morgan fingerprint density at radius 1 is 1.14 bits per heavy atom. The lowest BCUT2D eigenvalue weighted by Gasteiger charge is -2.36. The number of rotatable bonds is 4. The van der Waals surface area contributed by atoms with E-state index in [2.05, 4.69) is 0 Å². The summed E-state index contributed by atoms with van der Waals surface area (Å²) < 4.78 is 38.7. The standard InChI is InChI=1S/C20H24F3N3O3/c1-3-19(2)12-16(27)26(18(19)29)13-17(28)25-9-7-24(8-10-25)15-6-4-5-14(11-15)20(21,22)23/h4-6,11H,3,7-10,12-13H2,1-2H3. The summed E-state index contributed by atoms with van der Waals surface area (Å²) in [4.78, 5) is 41.6. The average Bonchev–Trinajstić information content (AvgIpc) is 2.91. The Morgan fingerprint density at radius 3 is 2.34 bits per heavy atom. The van der Waals surface area contributed by atoms with Crippen molar-refractivity contribution in [2.45, 2.75) is 32.9 Å². The first-order chi connectivity index (χ1) is 13.5. The lowest BCUT2D eigenvalue weighted by Crippen LogP contribution is -2.52. The molecule has 0 bridgehead atoms. The van der Waals surface area contributed by atoms with E-state index in [9.17, 15) is 27.6 Å². The molecule has 0 saturated carbocycles. The number of alkyl halides is 3. The molecule has 3 amide bonds. The van der Waals surface area contributed by atoms with Crippen LogP contribution in [-0.2, 0) is 20.6 Å². The van der Waals surface area contributed by atoms with Crippen molar-refractivity contribution in [3.63, 3.8) is 0 Å². The van der Waals surface area contributed by atoms with Crippen LogP contribution in [0.3, 0.4) is 0 Å². The zero-order valence-corrected chi connectivity index (χ0v) is 16.5. The van der Waals surface area contributed by atoms with Crippen LogP contribution in [0.4, 0.5) is 18.9 Å². The maximum absolute atomic E-state index is 12.9. The normalized spacial score (nSPS) is 23.1. The van der Waals surface area contributed by atoms with Gasteiger partial charge in [0.1, 0.15) is 6.54 Å². The molecule has 9 heteroatoms. The van der Waals surface area contributed by atoms with E-state index >= 15 is 0 Å². The van der Waals surface area contributed by atoms with Crippen LogP contribution in [0.1, 0.15) is 32.3 Å². The van der Waals surface area contributed by atoms with Gasteiger partial charge < -0.3 is 9.80 Å². The molecule has 0 spiro atoms. The fourth-order valence-corrected chi connectivity index (χ4v) is 3.71. The number of carbonyl (C=O) groups is 3. The van der Waals surface area contributed by atoms with Crippen LogP contribution in [0.2, 0.25) is 0 Å². The van der Waals surface area contributed by atoms with Crippen molar-refractivity contribution < 1.29 is 27.6 Å². The van der Waals surface area contributed by atoms with E-state index in [1.807, 2.05) is 6.92 Å². The summed E-state index contributed by atoms with van der Waals surface area (Å²) in [5.41, 5.74) is -1.01. The molecule has 0 aliphatic carbocycles. The number of piperazine rings is 1. The molecule has 6 nitrogen and oxygen atoms in total. The summed E-state index contributed by atoms with van der Waals surface area (Å²) in [6.07, 6.45) is -3.77. The number of benzene rings is 1. The summed E-state index contributed by atoms with van der Waals surface area (Å²) in [5.74, 6) is -0.980. The van der Waals surface area contributed by atoms with Gasteiger partial charge in [0.2, 0.25) is 17.7 Å². The molecular formula is C20H24F3N3O3. The van der Waals surface area contributed by atoms with Crippen molar-refractivity contribution in [1.29, 1.82) is 0 Å². The molecule has 0 aromatic heterocycles. The van der Waals surface area contributed by atoms with Gasteiger partial charge in [-0.05, 0) is 24.6 Å². The Bertz CT molecular complexity index is 819. The molecule has 2 fully saturated rings. The molecule has 1 aromatic rings. The predicted molar refractivity (Wildman–Crippen MR) is 100.0 cm³/mol. The molecule has 1 unspecified atom stereocenters. The number of hydrogen-bond donors (Lipinski definition) is 0. The minimum absolute atomic E-state index is 0.110. The number of nitrogens with zero attached hydrogens (tertiary/aromatic N) is 3. The topological polar surface area (TPSA) is 60.9 Å². The van der Waals surface area contributed by atoms with Gasteiger partial charge in [-0.25, -0.2) is 0 Å². The smallest absolute Gasteiger partial charge is 0.368 e. The molecule has 3 rings (SSSR count). The van der Waals surface area contributed by atoms with Gasteiger partial charge in [-0.1, -0.05) is 19.9 Å². The second-order valence-electron chi connectivity index (χ2n) is 7.79. The minimum atomic E-state index is -4.41. The number of carbonyl (C=O) groups excluding carboxylic acids is 3. The van der Waals surface area contributed by atoms with Gasteiger partial charge in [-0.2, -0.15) is 13.2 Å². The summed E-state index contributed by atoms with van der Waals surface area (Å²) in [6.45, 7) is 4.67. The summed E-state index contributed by atoms with van der Waals surface area (Å²) in [6, 6.07) is 5.10. The Balaban J connectivity index is 1.59. The second-order valence-corrected chi connectivity index (χ2v) is 7.79. The van der Waals surface area contributed by atoms with E-state index in [4.69, 9.17) is 0 Å². The van der Waals surface area contributed by atoms with Crippen LogP contribution in [-0.4, -0.2) is 60.2 Å². The fourth-order valence-electron chi connectivity index (χ4n) is 3.71. The van der Waals surface area contributed by atoms with Gasteiger partial charge in [0, 0.05) is 38.3 Å². The zero-order chi connectivity index (χ0) is 21.4. The zero-order valence-electron chi connectivity index (χ0n) is 16.5. The molecule has 1 atom stereocenters.